The first-order valence-electron chi connectivity index (χ1n) is 4.91. The lowest BCUT2D eigenvalue weighted by molar-refractivity contribution is 0.207. The highest BCUT2D eigenvalue weighted by Gasteiger charge is 2.15. The van der Waals surface area contributed by atoms with Crippen LogP contribution in [0.1, 0.15) is 19.3 Å². The van der Waals surface area contributed by atoms with Crippen molar-refractivity contribution in [1.82, 2.24) is 10.2 Å². The maximum absolute atomic E-state index is 10.8. The van der Waals surface area contributed by atoms with Gasteiger partial charge in [-0.1, -0.05) is 0 Å². The molecular weight excluding hydrogens is 166 g/mol. The quantitative estimate of drug-likeness (QED) is 0.653. The van der Waals surface area contributed by atoms with E-state index in [1.807, 2.05) is 0 Å². The minimum atomic E-state index is -0.322. The average Bonchev–Trinajstić information content (AvgIpc) is 2.32. The monoisotopic (exact) mass is 185 g/mol. The number of hydrogen-bond donors (Lipinski definition) is 2. The molecule has 0 aromatic carbocycles. The van der Waals surface area contributed by atoms with Crippen LogP contribution >= 0.6 is 0 Å². The SMILES string of the molecule is CN(CC1CCCNCC1)C(N)=O. The summed E-state index contributed by atoms with van der Waals surface area (Å²) in [4.78, 5) is 12.4. The molecule has 1 saturated heterocycles. The number of nitrogens with two attached hydrogens (primary N) is 1. The highest BCUT2D eigenvalue weighted by Crippen LogP contribution is 2.14. The molecule has 1 heterocycles. The summed E-state index contributed by atoms with van der Waals surface area (Å²) in [6.07, 6.45) is 3.56. The molecule has 1 fully saturated rings. The topological polar surface area (TPSA) is 58.4 Å². The van der Waals surface area contributed by atoms with Crippen LogP contribution in [-0.2, 0) is 0 Å². The van der Waals surface area contributed by atoms with Gasteiger partial charge in [0.15, 0.2) is 0 Å². The second kappa shape index (κ2) is 5.07. The standard InChI is InChI=1S/C9H19N3O/c1-12(9(10)13)7-8-3-2-5-11-6-4-8/h8,11H,2-7H2,1H3,(H2,10,13). The van der Waals surface area contributed by atoms with Gasteiger partial charge in [0.05, 0.1) is 0 Å². The minimum absolute atomic E-state index is 0.322. The molecule has 0 bridgehead atoms. The summed E-state index contributed by atoms with van der Waals surface area (Å²) >= 11 is 0. The summed E-state index contributed by atoms with van der Waals surface area (Å²) in [7, 11) is 1.76. The molecule has 0 aromatic rings. The number of nitrogens with one attached hydrogen (secondary N) is 1. The Kier molecular flexibility index (Phi) is 4.02. The molecule has 1 rings (SSSR count). The number of urea groups is 1. The van der Waals surface area contributed by atoms with Gasteiger partial charge in [0.2, 0.25) is 0 Å². The first kappa shape index (κ1) is 10.3. The molecule has 4 nitrogen and oxygen atoms in total. The van der Waals surface area contributed by atoms with Crippen LogP contribution in [0.25, 0.3) is 0 Å². The van der Waals surface area contributed by atoms with Crippen molar-refractivity contribution >= 4 is 6.03 Å². The first-order chi connectivity index (χ1) is 6.20. The van der Waals surface area contributed by atoms with E-state index in [9.17, 15) is 4.79 Å². The lowest BCUT2D eigenvalue weighted by Gasteiger charge is -2.20. The Bertz CT molecular complexity index is 164. The third-order valence-electron chi connectivity index (χ3n) is 2.60. The lowest BCUT2D eigenvalue weighted by atomic mass is 10.0. The predicted molar refractivity (Wildman–Crippen MR) is 52.4 cm³/mol. The number of carbonyl (C=O) groups excluding carboxylic acids is 1. The Morgan fingerprint density at radius 1 is 1.54 bits per heavy atom. The van der Waals surface area contributed by atoms with Crippen LogP contribution in [0.3, 0.4) is 0 Å². The molecule has 1 unspecified atom stereocenters. The zero-order chi connectivity index (χ0) is 9.68. The maximum Gasteiger partial charge on any atom is 0.314 e. The molecule has 0 saturated carbocycles. The number of nitrogens with zero attached hydrogens (tertiary/aromatic N) is 1. The van der Waals surface area contributed by atoms with E-state index in [0.29, 0.717) is 5.92 Å². The second-order valence-electron chi connectivity index (χ2n) is 3.77. The van der Waals surface area contributed by atoms with E-state index >= 15 is 0 Å². The molecule has 76 valence electrons. The van der Waals surface area contributed by atoms with E-state index in [2.05, 4.69) is 5.32 Å². The summed E-state index contributed by atoms with van der Waals surface area (Å²) in [5, 5.41) is 3.34. The third-order valence-corrected chi connectivity index (χ3v) is 2.60. The van der Waals surface area contributed by atoms with Crippen LogP contribution in [0, 0.1) is 5.92 Å². The van der Waals surface area contributed by atoms with Crippen LogP contribution < -0.4 is 11.1 Å². The first-order valence-corrected chi connectivity index (χ1v) is 4.91. The largest absolute Gasteiger partial charge is 0.351 e. The summed E-state index contributed by atoms with van der Waals surface area (Å²) in [5.41, 5.74) is 5.16. The van der Waals surface area contributed by atoms with Gasteiger partial charge in [0, 0.05) is 13.6 Å². The Hall–Kier alpha value is -0.770. The van der Waals surface area contributed by atoms with E-state index in [-0.39, 0.29) is 6.03 Å². The van der Waals surface area contributed by atoms with Crippen molar-refractivity contribution < 1.29 is 4.79 Å². The molecule has 4 heteroatoms. The van der Waals surface area contributed by atoms with E-state index < -0.39 is 0 Å². The fourth-order valence-corrected chi connectivity index (χ4v) is 1.75. The molecule has 2 amide bonds. The number of primary amides is 1. The van der Waals surface area contributed by atoms with Crippen LogP contribution in [0.15, 0.2) is 0 Å². The molecule has 1 atom stereocenters. The van der Waals surface area contributed by atoms with Crippen LogP contribution in [0.2, 0.25) is 0 Å². The Labute approximate surface area is 79.5 Å². The summed E-state index contributed by atoms with van der Waals surface area (Å²) in [5.74, 6) is 0.618. The normalized spacial score (nSPS) is 23.6. The van der Waals surface area contributed by atoms with Crippen LogP contribution in [0.5, 0.6) is 0 Å². The van der Waals surface area contributed by atoms with Crippen molar-refractivity contribution in [3.05, 3.63) is 0 Å². The molecule has 0 radical (unpaired) electrons. The molecule has 13 heavy (non-hydrogen) atoms. The second-order valence-corrected chi connectivity index (χ2v) is 3.77. The predicted octanol–water partition coefficient (Wildman–Crippen LogP) is 0.387. The molecule has 3 N–H and O–H groups in total. The van der Waals surface area contributed by atoms with Crippen molar-refractivity contribution in [2.24, 2.45) is 11.7 Å². The van der Waals surface area contributed by atoms with Gasteiger partial charge < -0.3 is 16.0 Å². The average molecular weight is 185 g/mol. The van der Waals surface area contributed by atoms with Crippen molar-refractivity contribution in [3.8, 4) is 0 Å². The highest BCUT2D eigenvalue weighted by atomic mass is 16.2. The van der Waals surface area contributed by atoms with Gasteiger partial charge in [-0.3, -0.25) is 0 Å². The zero-order valence-electron chi connectivity index (χ0n) is 8.25. The van der Waals surface area contributed by atoms with Gasteiger partial charge in [-0.05, 0) is 38.3 Å². The van der Waals surface area contributed by atoms with Gasteiger partial charge in [-0.25, -0.2) is 4.79 Å². The lowest BCUT2D eigenvalue weighted by Crippen LogP contribution is -2.36. The summed E-state index contributed by atoms with van der Waals surface area (Å²) < 4.78 is 0. The molecule has 0 spiro atoms. The number of carbonyl (C=O) groups is 1. The Balaban J connectivity index is 2.29. The van der Waals surface area contributed by atoms with E-state index in [0.717, 1.165) is 26.1 Å². The van der Waals surface area contributed by atoms with Crippen molar-refractivity contribution in [3.63, 3.8) is 0 Å². The van der Waals surface area contributed by atoms with Gasteiger partial charge in [0.25, 0.3) is 0 Å². The molecule has 0 aliphatic carbocycles. The van der Waals surface area contributed by atoms with Crippen LogP contribution in [-0.4, -0.2) is 37.6 Å². The molecule has 1 aliphatic rings. The van der Waals surface area contributed by atoms with Gasteiger partial charge in [-0.15, -0.1) is 0 Å². The van der Waals surface area contributed by atoms with Gasteiger partial charge >= 0.3 is 6.03 Å². The van der Waals surface area contributed by atoms with Crippen molar-refractivity contribution in [1.29, 1.82) is 0 Å². The van der Waals surface area contributed by atoms with E-state index in [4.69, 9.17) is 5.73 Å². The number of hydrogen-bond acceptors (Lipinski definition) is 2. The fourth-order valence-electron chi connectivity index (χ4n) is 1.75. The van der Waals surface area contributed by atoms with Gasteiger partial charge in [0.1, 0.15) is 0 Å². The van der Waals surface area contributed by atoms with Crippen molar-refractivity contribution in [2.75, 3.05) is 26.7 Å². The minimum Gasteiger partial charge on any atom is -0.351 e. The molecule has 0 aromatic heterocycles. The Morgan fingerprint density at radius 3 is 3.00 bits per heavy atom. The fraction of sp³-hybridized carbons (Fsp3) is 0.889. The van der Waals surface area contributed by atoms with Crippen molar-refractivity contribution in [2.45, 2.75) is 19.3 Å². The molecular formula is C9H19N3O. The van der Waals surface area contributed by atoms with E-state index in [1.165, 1.54) is 12.8 Å². The number of amides is 2. The van der Waals surface area contributed by atoms with Gasteiger partial charge in [-0.2, -0.15) is 0 Å². The third kappa shape index (κ3) is 3.63. The summed E-state index contributed by atoms with van der Waals surface area (Å²) in [6.45, 7) is 2.98. The van der Waals surface area contributed by atoms with Crippen LogP contribution in [0.4, 0.5) is 4.79 Å². The zero-order valence-corrected chi connectivity index (χ0v) is 8.25. The summed E-state index contributed by atoms with van der Waals surface area (Å²) in [6, 6.07) is -0.322. The number of rotatable bonds is 2. The molecule has 1 aliphatic heterocycles. The smallest absolute Gasteiger partial charge is 0.314 e. The highest BCUT2D eigenvalue weighted by molar-refractivity contribution is 5.71. The maximum atomic E-state index is 10.8. The van der Waals surface area contributed by atoms with E-state index in [1.54, 1.807) is 11.9 Å². The Morgan fingerprint density at radius 2 is 2.31 bits per heavy atom.